The van der Waals surface area contributed by atoms with Gasteiger partial charge in [0, 0.05) is 17.1 Å². The molecular formula is C25H21N3O4S2. The minimum absolute atomic E-state index is 0.141. The minimum atomic E-state index is -0.141. The molecular weight excluding hydrogens is 470 g/mol. The lowest BCUT2D eigenvalue weighted by atomic mass is 10.0. The summed E-state index contributed by atoms with van der Waals surface area (Å²) >= 11 is 2.89. The first-order valence-electron chi connectivity index (χ1n) is 10.4. The normalized spacial score (nSPS) is 11.1. The monoisotopic (exact) mass is 491 g/mol. The molecule has 0 saturated heterocycles. The highest BCUT2D eigenvalue weighted by Gasteiger charge is 2.28. The van der Waals surface area contributed by atoms with Gasteiger partial charge in [-0.1, -0.05) is 6.07 Å². The molecule has 2 aromatic carbocycles. The van der Waals surface area contributed by atoms with Crippen molar-refractivity contribution in [2.24, 2.45) is 0 Å². The van der Waals surface area contributed by atoms with E-state index in [0.717, 1.165) is 16.3 Å². The van der Waals surface area contributed by atoms with Crippen LogP contribution in [-0.4, -0.2) is 41.5 Å². The van der Waals surface area contributed by atoms with Gasteiger partial charge in [-0.25, -0.2) is 9.97 Å². The van der Waals surface area contributed by atoms with Gasteiger partial charge in [0.1, 0.15) is 38.5 Å². The van der Waals surface area contributed by atoms with Crippen molar-refractivity contribution in [1.29, 1.82) is 0 Å². The van der Waals surface area contributed by atoms with Gasteiger partial charge in [-0.15, -0.1) is 22.7 Å². The highest BCUT2D eigenvalue weighted by atomic mass is 32.1. The molecule has 0 unspecified atom stereocenters. The number of nitrogens with zero attached hydrogens (tertiary/aromatic N) is 3. The van der Waals surface area contributed by atoms with Gasteiger partial charge >= 0.3 is 0 Å². The zero-order valence-corrected chi connectivity index (χ0v) is 20.6. The Morgan fingerprint density at radius 3 is 2.29 bits per heavy atom. The second-order valence-corrected chi connectivity index (χ2v) is 9.27. The maximum Gasteiger partial charge on any atom is 0.205 e. The van der Waals surface area contributed by atoms with Crippen molar-refractivity contribution in [2.45, 2.75) is 6.92 Å². The van der Waals surface area contributed by atoms with Crippen LogP contribution in [0.4, 0.5) is 0 Å². The van der Waals surface area contributed by atoms with Crippen molar-refractivity contribution in [1.82, 2.24) is 14.4 Å². The SMILES string of the molecule is COc1ccc(C(=O)c2sc(-c3c(C)nc4sccn34)nc2-c2c(OC)cccc2OC)cc1. The maximum absolute atomic E-state index is 13.7. The summed E-state index contributed by atoms with van der Waals surface area (Å²) in [6.45, 7) is 1.95. The quantitative estimate of drug-likeness (QED) is 0.270. The van der Waals surface area contributed by atoms with Crippen molar-refractivity contribution in [3.05, 3.63) is 70.2 Å². The molecule has 5 rings (SSSR count). The van der Waals surface area contributed by atoms with Gasteiger partial charge in [-0.05, 0) is 43.3 Å². The molecule has 3 heterocycles. The van der Waals surface area contributed by atoms with E-state index < -0.39 is 0 Å². The molecule has 172 valence electrons. The Kier molecular flexibility index (Phi) is 5.80. The van der Waals surface area contributed by atoms with E-state index in [1.807, 2.05) is 41.1 Å². The van der Waals surface area contributed by atoms with Crippen molar-refractivity contribution in [3.8, 4) is 39.2 Å². The van der Waals surface area contributed by atoms with E-state index in [1.165, 1.54) is 11.3 Å². The Morgan fingerprint density at radius 1 is 0.941 bits per heavy atom. The number of ether oxygens (including phenoxy) is 3. The lowest BCUT2D eigenvalue weighted by Gasteiger charge is -2.12. The molecule has 7 nitrogen and oxygen atoms in total. The molecule has 0 N–H and O–H groups in total. The number of carbonyl (C=O) groups excluding carboxylic acids is 1. The fraction of sp³-hybridized carbons (Fsp3) is 0.160. The number of methoxy groups -OCH3 is 3. The molecule has 0 saturated carbocycles. The predicted molar refractivity (Wildman–Crippen MR) is 134 cm³/mol. The Hall–Kier alpha value is -3.69. The molecule has 0 bridgehead atoms. The van der Waals surface area contributed by atoms with E-state index in [9.17, 15) is 4.79 Å². The number of thiazole rings is 2. The summed E-state index contributed by atoms with van der Waals surface area (Å²) in [5.74, 6) is 1.69. The number of rotatable bonds is 7. The molecule has 0 amide bonds. The van der Waals surface area contributed by atoms with Crippen LogP contribution in [0.25, 0.3) is 26.9 Å². The Bertz CT molecular complexity index is 1480. The zero-order chi connectivity index (χ0) is 23.8. The number of hydrogen-bond donors (Lipinski definition) is 0. The number of hydrogen-bond acceptors (Lipinski definition) is 8. The Morgan fingerprint density at radius 2 is 1.65 bits per heavy atom. The minimum Gasteiger partial charge on any atom is -0.497 e. The van der Waals surface area contributed by atoms with E-state index in [1.54, 1.807) is 56.9 Å². The highest BCUT2D eigenvalue weighted by molar-refractivity contribution is 7.17. The number of benzene rings is 2. The zero-order valence-electron chi connectivity index (χ0n) is 19.0. The summed E-state index contributed by atoms with van der Waals surface area (Å²) in [6, 6.07) is 12.6. The number of fused-ring (bicyclic) bond motifs is 1. The largest absolute Gasteiger partial charge is 0.497 e. The number of imidazole rings is 1. The van der Waals surface area contributed by atoms with Gasteiger partial charge in [-0.3, -0.25) is 9.20 Å². The molecule has 0 spiro atoms. The summed E-state index contributed by atoms with van der Waals surface area (Å²) in [6.07, 6.45) is 1.96. The van der Waals surface area contributed by atoms with E-state index in [2.05, 4.69) is 4.98 Å². The number of aryl methyl sites for hydroxylation is 1. The summed E-state index contributed by atoms with van der Waals surface area (Å²) in [5.41, 5.74) is 3.40. The summed E-state index contributed by atoms with van der Waals surface area (Å²) in [5, 5.41) is 2.68. The van der Waals surface area contributed by atoms with E-state index in [-0.39, 0.29) is 5.78 Å². The first kappa shape index (κ1) is 22.1. The average Bonchev–Trinajstić information content (AvgIpc) is 3.57. The first-order chi connectivity index (χ1) is 16.5. The van der Waals surface area contributed by atoms with Crippen LogP contribution in [0.1, 0.15) is 20.9 Å². The fourth-order valence-electron chi connectivity index (χ4n) is 3.85. The molecule has 0 aliphatic carbocycles. The molecule has 0 aliphatic heterocycles. The van der Waals surface area contributed by atoms with Crippen LogP contribution in [-0.2, 0) is 0 Å². The van der Waals surface area contributed by atoms with Crippen LogP contribution in [0.3, 0.4) is 0 Å². The van der Waals surface area contributed by atoms with Gasteiger partial charge in [0.25, 0.3) is 0 Å². The van der Waals surface area contributed by atoms with Crippen LogP contribution in [0.5, 0.6) is 17.2 Å². The van der Waals surface area contributed by atoms with Crippen LogP contribution in [0.2, 0.25) is 0 Å². The predicted octanol–water partition coefficient (Wildman–Crippen LogP) is 5.75. The fourth-order valence-corrected chi connectivity index (χ4v) is 5.74. The molecule has 34 heavy (non-hydrogen) atoms. The third-order valence-corrected chi connectivity index (χ3v) is 7.31. The lowest BCUT2D eigenvalue weighted by Crippen LogP contribution is -2.02. The van der Waals surface area contributed by atoms with Crippen molar-refractivity contribution < 1.29 is 19.0 Å². The van der Waals surface area contributed by atoms with E-state index in [0.29, 0.717) is 44.0 Å². The van der Waals surface area contributed by atoms with Crippen molar-refractivity contribution in [2.75, 3.05) is 21.3 Å². The van der Waals surface area contributed by atoms with Crippen LogP contribution >= 0.6 is 22.7 Å². The van der Waals surface area contributed by atoms with Gasteiger partial charge in [0.2, 0.25) is 5.78 Å². The molecule has 5 aromatic rings. The van der Waals surface area contributed by atoms with E-state index >= 15 is 0 Å². The van der Waals surface area contributed by atoms with Gasteiger partial charge in [0.05, 0.1) is 32.6 Å². The van der Waals surface area contributed by atoms with Crippen LogP contribution in [0, 0.1) is 6.92 Å². The van der Waals surface area contributed by atoms with Crippen LogP contribution in [0.15, 0.2) is 54.0 Å². The van der Waals surface area contributed by atoms with Crippen molar-refractivity contribution >= 4 is 33.4 Å². The second-order valence-electron chi connectivity index (χ2n) is 7.39. The molecule has 0 radical (unpaired) electrons. The highest BCUT2D eigenvalue weighted by Crippen LogP contribution is 2.44. The topological polar surface area (TPSA) is 75.0 Å². The molecule has 9 heteroatoms. The van der Waals surface area contributed by atoms with E-state index in [4.69, 9.17) is 19.2 Å². The van der Waals surface area contributed by atoms with Gasteiger partial charge < -0.3 is 14.2 Å². The molecule has 0 fully saturated rings. The van der Waals surface area contributed by atoms with Gasteiger partial charge in [0.15, 0.2) is 4.96 Å². The average molecular weight is 492 g/mol. The smallest absolute Gasteiger partial charge is 0.205 e. The number of carbonyl (C=O) groups is 1. The third kappa shape index (κ3) is 3.63. The van der Waals surface area contributed by atoms with Crippen molar-refractivity contribution in [3.63, 3.8) is 0 Å². The lowest BCUT2D eigenvalue weighted by molar-refractivity contribution is 0.104. The Balaban J connectivity index is 1.76. The second kappa shape index (κ2) is 8.92. The summed E-state index contributed by atoms with van der Waals surface area (Å²) < 4.78 is 18.5. The summed E-state index contributed by atoms with van der Waals surface area (Å²) in [4.78, 5) is 24.7. The molecule has 0 atom stereocenters. The molecule has 0 aliphatic rings. The number of aromatic nitrogens is 3. The van der Waals surface area contributed by atoms with Crippen LogP contribution < -0.4 is 14.2 Å². The Labute approximate surface area is 204 Å². The first-order valence-corrected chi connectivity index (χ1v) is 12.1. The number of ketones is 1. The van der Waals surface area contributed by atoms with Gasteiger partial charge in [-0.2, -0.15) is 0 Å². The standard InChI is InChI=1S/C25H21N3O4S2/c1-14-21(28-12-13-33-25(28)26-14)24-27-20(19-17(31-3)6-5-7-18(19)32-4)23(34-24)22(29)15-8-10-16(30-2)11-9-15/h5-13H,1-4H3. The summed E-state index contributed by atoms with van der Waals surface area (Å²) in [7, 11) is 4.77. The maximum atomic E-state index is 13.7. The molecule has 3 aromatic heterocycles. The third-order valence-electron chi connectivity index (χ3n) is 5.49.